The Balaban J connectivity index is 1.98. The number of aromatic nitrogens is 3. The summed E-state index contributed by atoms with van der Waals surface area (Å²) >= 11 is 0. The van der Waals surface area contributed by atoms with Crippen LogP contribution in [0, 0.1) is 5.82 Å². The molecule has 3 rings (SSSR count). The van der Waals surface area contributed by atoms with E-state index in [1.54, 1.807) is 19.2 Å². The number of pyridine rings is 1. The minimum absolute atomic E-state index is 0.239. The number of fused-ring (bicyclic) bond motifs is 1. The van der Waals surface area contributed by atoms with Crippen LogP contribution in [0.5, 0.6) is 5.75 Å². The third-order valence-electron chi connectivity index (χ3n) is 2.96. The summed E-state index contributed by atoms with van der Waals surface area (Å²) in [7, 11) is 1.62. The van der Waals surface area contributed by atoms with Crippen LogP contribution >= 0.6 is 0 Å². The molecule has 0 saturated carbocycles. The van der Waals surface area contributed by atoms with Crippen LogP contribution in [0.1, 0.15) is 11.4 Å². The molecule has 0 fully saturated rings. The second kappa shape index (κ2) is 4.68. The maximum absolute atomic E-state index is 12.9. The predicted molar refractivity (Wildman–Crippen MR) is 68.7 cm³/mol. The molecule has 96 valence electrons. The average molecular weight is 257 g/mol. The molecule has 0 aliphatic rings. The molecule has 5 heteroatoms. The van der Waals surface area contributed by atoms with Crippen LogP contribution in [-0.4, -0.2) is 21.7 Å². The molecule has 0 aliphatic carbocycles. The molecular weight excluding hydrogens is 245 g/mol. The van der Waals surface area contributed by atoms with Crippen LogP contribution in [0.25, 0.3) is 5.65 Å². The summed E-state index contributed by atoms with van der Waals surface area (Å²) in [6.45, 7) is 0. The number of hydrogen-bond donors (Lipinski definition) is 0. The van der Waals surface area contributed by atoms with Gasteiger partial charge in [-0.15, -0.1) is 10.2 Å². The lowest BCUT2D eigenvalue weighted by Gasteiger charge is -2.03. The summed E-state index contributed by atoms with van der Waals surface area (Å²) in [4.78, 5) is 0. The van der Waals surface area contributed by atoms with Crippen LogP contribution in [-0.2, 0) is 6.42 Å². The first-order valence-electron chi connectivity index (χ1n) is 5.88. The maximum Gasteiger partial charge on any atom is 0.161 e. The van der Waals surface area contributed by atoms with Crippen molar-refractivity contribution in [2.24, 2.45) is 0 Å². The lowest BCUT2D eigenvalue weighted by atomic mass is 10.1. The summed E-state index contributed by atoms with van der Waals surface area (Å²) < 4.78 is 19.9. The van der Waals surface area contributed by atoms with E-state index in [0.717, 1.165) is 22.8 Å². The first kappa shape index (κ1) is 11.6. The molecule has 2 heterocycles. The van der Waals surface area contributed by atoms with E-state index in [4.69, 9.17) is 4.74 Å². The van der Waals surface area contributed by atoms with Crippen LogP contribution in [0.3, 0.4) is 0 Å². The molecule has 4 nitrogen and oxygen atoms in total. The SMILES string of the molecule is COc1ccc2nnc(Cc3ccc(F)cc3)n2c1. The number of halogens is 1. The van der Waals surface area contributed by atoms with Gasteiger partial charge in [0.1, 0.15) is 17.4 Å². The average Bonchev–Trinajstić information content (AvgIpc) is 2.84. The lowest BCUT2D eigenvalue weighted by molar-refractivity contribution is 0.412. The molecule has 1 aromatic carbocycles. The van der Waals surface area contributed by atoms with E-state index in [9.17, 15) is 4.39 Å². The smallest absolute Gasteiger partial charge is 0.161 e. The fourth-order valence-corrected chi connectivity index (χ4v) is 1.94. The minimum atomic E-state index is -0.239. The minimum Gasteiger partial charge on any atom is -0.495 e. The normalized spacial score (nSPS) is 10.8. The molecule has 3 aromatic rings. The van der Waals surface area contributed by atoms with Gasteiger partial charge in [0.2, 0.25) is 0 Å². The Morgan fingerprint density at radius 1 is 1.11 bits per heavy atom. The largest absolute Gasteiger partial charge is 0.495 e. The Labute approximate surface area is 109 Å². The fourth-order valence-electron chi connectivity index (χ4n) is 1.94. The van der Waals surface area contributed by atoms with Gasteiger partial charge in [-0.1, -0.05) is 12.1 Å². The number of hydrogen-bond acceptors (Lipinski definition) is 3. The Morgan fingerprint density at radius 3 is 2.63 bits per heavy atom. The summed E-state index contributed by atoms with van der Waals surface area (Å²) in [6, 6.07) is 10.1. The number of rotatable bonds is 3. The van der Waals surface area contributed by atoms with Gasteiger partial charge in [-0.25, -0.2) is 4.39 Å². The van der Waals surface area contributed by atoms with Crippen molar-refractivity contribution in [1.29, 1.82) is 0 Å². The molecule has 0 N–H and O–H groups in total. The first-order chi connectivity index (χ1) is 9.26. The van der Waals surface area contributed by atoms with E-state index in [2.05, 4.69) is 10.2 Å². The van der Waals surface area contributed by atoms with Crippen LogP contribution < -0.4 is 4.74 Å². The molecular formula is C14H12FN3O. The highest BCUT2D eigenvalue weighted by molar-refractivity contribution is 5.42. The van der Waals surface area contributed by atoms with Crippen molar-refractivity contribution in [3.05, 3.63) is 59.8 Å². The number of ether oxygens (including phenoxy) is 1. The summed E-state index contributed by atoms with van der Waals surface area (Å²) in [5.74, 6) is 1.30. The molecule has 0 unspecified atom stereocenters. The van der Waals surface area contributed by atoms with E-state index in [-0.39, 0.29) is 5.82 Å². The van der Waals surface area contributed by atoms with Gasteiger partial charge >= 0.3 is 0 Å². The molecule has 0 radical (unpaired) electrons. The third-order valence-corrected chi connectivity index (χ3v) is 2.96. The van der Waals surface area contributed by atoms with E-state index < -0.39 is 0 Å². The van der Waals surface area contributed by atoms with Crippen molar-refractivity contribution in [1.82, 2.24) is 14.6 Å². The third kappa shape index (κ3) is 2.27. The Kier molecular flexibility index (Phi) is 2.87. The van der Waals surface area contributed by atoms with E-state index in [1.807, 2.05) is 22.7 Å². The molecule has 0 saturated heterocycles. The van der Waals surface area contributed by atoms with Gasteiger partial charge in [-0.3, -0.25) is 4.40 Å². The second-order valence-electron chi connectivity index (χ2n) is 4.22. The van der Waals surface area contributed by atoms with Crippen LogP contribution in [0.4, 0.5) is 4.39 Å². The first-order valence-corrected chi connectivity index (χ1v) is 5.88. The van der Waals surface area contributed by atoms with Gasteiger partial charge in [0.15, 0.2) is 5.65 Å². The molecule has 0 amide bonds. The highest BCUT2D eigenvalue weighted by Gasteiger charge is 2.07. The van der Waals surface area contributed by atoms with E-state index >= 15 is 0 Å². The van der Waals surface area contributed by atoms with Crippen LogP contribution in [0.15, 0.2) is 42.6 Å². The number of nitrogens with zero attached hydrogens (tertiary/aromatic N) is 3. The standard InChI is InChI=1S/C14H12FN3O/c1-19-12-6-7-13-16-17-14(18(13)9-12)8-10-2-4-11(15)5-3-10/h2-7,9H,8H2,1H3. The summed E-state index contributed by atoms with van der Waals surface area (Å²) in [5.41, 5.74) is 1.75. The molecule has 0 atom stereocenters. The maximum atomic E-state index is 12.9. The van der Waals surface area contributed by atoms with Crippen molar-refractivity contribution in [2.45, 2.75) is 6.42 Å². The Bertz CT molecular complexity index is 706. The summed E-state index contributed by atoms with van der Waals surface area (Å²) in [5, 5.41) is 8.24. The van der Waals surface area contributed by atoms with Crippen LogP contribution in [0.2, 0.25) is 0 Å². The Morgan fingerprint density at radius 2 is 1.89 bits per heavy atom. The number of benzene rings is 1. The monoisotopic (exact) mass is 257 g/mol. The van der Waals surface area contributed by atoms with Gasteiger partial charge in [-0.05, 0) is 29.8 Å². The summed E-state index contributed by atoms with van der Waals surface area (Å²) in [6.07, 6.45) is 2.43. The highest BCUT2D eigenvalue weighted by atomic mass is 19.1. The topological polar surface area (TPSA) is 39.4 Å². The van der Waals surface area contributed by atoms with E-state index in [1.165, 1.54) is 12.1 Å². The molecule has 0 aliphatic heterocycles. The zero-order valence-corrected chi connectivity index (χ0v) is 10.4. The molecule has 2 aromatic heterocycles. The van der Waals surface area contributed by atoms with Crippen molar-refractivity contribution in [3.8, 4) is 5.75 Å². The zero-order chi connectivity index (χ0) is 13.2. The number of methoxy groups -OCH3 is 1. The predicted octanol–water partition coefficient (Wildman–Crippen LogP) is 2.47. The quantitative estimate of drug-likeness (QED) is 0.723. The lowest BCUT2D eigenvalue weighted by Crippen LogP contribution is -1.97. The van der Waals surface area contributed by atoms with Gasteiger partial charge in [0.05, 0.1) is 13.3 Å². The van der Waals surface area contributed by atoms with Crippen molar-refractivity contribution >= 4 is 5.65 Å². The van der Waals surface area contributed by atoms with Crippen molar-refractivity contribution < 1.29 is 9.13 Å². The van der Waals surface area contributed by atoms with Gasteiger partial charge in [0.25, 0.3) is 0 Å². The van der Waals surface area contributed by atoms with Gasteiger partial charge in [-0.2, -0.15) is 0 Å². The molecule has 19 heavy (non-hydrogen) atoms. The highest BCUT2D eigenvalue weighted by Crippen LogP contribution is 2.15. The molecule has 0 spiro atoms. The zero-order valence-electron chi connectivity index (χ0n) is 10.4. The van der Waals surface area contributed by atoms with Gasteiger partial charge < -0.3 is 4.74 Å². The second-order valence-corrected chi connectivity index (χ2v) is 4.22. The molecule has 0 bridgehead atoms. The van der Waals surface area contributed by atoms with E-state index in [0.29, 0.717) is 6.42 Å². The van der Waals surface area contributed by atoms with Crippen molar-refractivity contribution in [3.63, 3.8) is 0 Å². The van der Waals surface area contributed by atoms with Crippen molar-refractivity contribution in [2.75, 3.05) is 7.11 Å². The Hall–Kier alpha value is -2.43. The van der Waals surface area contributed by atoms with Gasteiger partial charge in [0, 0.05) is 6.42 Å². The fraction of sp³-hybridized carbons (Fsp3) is 0.143.